The van der Waals surface area contributed by atoms with Gasteiger partial charge in [0.15, 0.2) is 0 Å². The Hall–Kier alpha value is -1.76. The van der Waals surface area contributed by atoms with Crippen LogP contribution in [-0.2, 0) is 0 Å². The number of rotatable bonds is 6. The lowest BCUT2D eigenvalue weighted by Gasteiger charge is -2.15. The third kappa shape index (κ3) is 3.63. The Morgan fingerprint density at radius 3 is 2.78 bits per heavy atom. The molecule has 7 heteroatoms. The third-order valence-electron chi connectivity index (χ3n) is 2.26. The Morgan fingerprint density at radius 1 is 1.61 bits per heavy atom. The second-order valence-corrected chi connectivity index (χ2v) is 4.70. The molecule has 1 aromatic carbocycles. The van der Waals surface area contributed by atoms with Crippen molar-refractivity contribution >= 4 is 29.1 Å². The number of thioether (sulfide) groups is 1. The highest BCUT2D eigenvalue weighted by atomic mass is 32.2. The fraction of sp³-hybridized carbons (Fsp3) is 0.364. The van der Waals surface area contributed by atoms with Crippen LogP contribution >= 0.6 is 11.8 Å². The van der Waals surface area contributed by atoms with E-state index in [2.05, 4.69) is 5.32 Å². The van der Waals surface area contributed by atoms with E-state index in [9.17, 15) is 14.9 Å². The molecule has 0 saturated heterocycles. The number of nitro benzene ring substituents is 1. The zero-order valence-corrected chi connectivity index (χ0v) is 10.9. The molecule has 0 aliphatic carbocycles. The molecule has 0 spiro atoms. The highest BCUT2D eigenvalue weighted by Gasteiger charge is 2.16. The number of non-ortho nitro benzene ring substituents is 1. The molecule has 98 valence electrons. The average Bonchev–Trinajstić information content (AvgIpc) is 2.29. The first-order valence-corrected chi connectivity index (χ1v) is 6.62. The topological polar surface area (TPSA) is 92.5 Å². The van der Waals surface area contributed by atoms with Crippen LogP contribution in [0, 0.1) is 10.1 Å². The predicted octanol–water partition coefficient (Wildman–Crippen LogP) is 2.46. The molecule has 1 rings (SSSR count). The van der Waals surface area contributed by atoms with Crippen molar-refractivity contribution in [2.45, 2.75) is 13.0 Å². The van der Waals surface area contributed by atoms with Gasteiger partial charge in [0.05, 0.1) is 10.5 Å². The fourth-order valence-corrected chi connectivity index (χ4v) is 2.09. The zero-order valence-electron chi connectivity index (χ0n) is 10.0. The van der Waals surface area contributed by atoms with Crippen molar-refractivity contribution in [3.05, 3.63) is 33.9 Å². The maximum Gasteiger partial charge on any atom is 0.338 e. The van der Waals surface area contributed by atoms with E-state index in [1.54, 1.807) is 11.8 Å². The Balaban J connectivity index is 3.04. The average molecular weight is 270 g/mol. The summed E-state index contributed by atoms with van der Waals surface area (Å²) >= 11 is 1.63. The lowest BCUT2D eigenvalue weighted by Crippen LogP contribution is -2.19. The van der Waals surface area contributed by atoms with Crippen LogP contribution in [0.25, 0.3) is 0 Å². The van der Waals surface area contributed by atoms with Crippen molar-refractivity contribution in [2.75, 3.05) is 17.3 Å². The number of carboxylic acid groups (broad SMARTS) is 1. The fourth-order valence-electron chi connectivity index (χ4n) is 1.51. The molecule has 1 atom stereocenters. The molecule has 0 saturated carbocycles. The summed E-state index contributed by atoms with van der Waals surface area (Å²) in [5.74, 6) is -0.367. The molecular formula is C11H14N2O4S. The van der Waals surface area contributed by atoms with E-state index in [0.717, 1.165) is 11.8 Å². The highest BCUT2D eigenvalue weighted by Crippen LogP contribution is 2.23. The van der Waals surface area contributed by atoms with Gasteiger partial charge in [0.2, 0.25) is 0 Å². The Labute approximate surface area is 109 Å². The van der Waals surface area contributed by atoms with Crippen LogP contribution in [0.2, 0.25) is 0 Å². The lowest BCUT2D eigenvalue weighted by molar-refractivity contribution is -0.384. The van der Waals surface area contributed by atoms with Crippen molar-refractivity contribution in [2.24, 2.45) is 0 Å². The van der Waals surface area contributed by atoms with E-state index in [1.165, 1.54) is 12.1 Å². The molecule has 0 radical (unpaired) electrons. The normalized spacial score (nSPS) is 11.9. The summed E-state index contributed by atoms with van der Waals surface area (Å²) in [6.07, 6.45) is 1.95. The molecule has 18 heavy (non-hydrogen) atoms. The monoisotopic (exact) mass is 270 g/mol. The molecule has 0 aromatic heterocycles. The summed E-state index contributed by atoms with van der Waals surface area (Å²) in [5.41, 5.74) is 0.0854. The van der Waals surface area contributed by atoms with Gasteiger partial charge in [-0.15, -0.1) is 0 Å². The van der Waals surface area contributed by atoms with Gasteiger partial charge in [-0.05, 0) is 19.2 Å². The van der Waals surface area contributed by atoms with Gasteiger partial charge in [-0.1, -0.05) is 0 Å². The minimum Gasteiger partial charge on any atom is -0.478 e. The first-order valence-electron chi connectivity index (χ1n) is 5.23. The summed E-state index contributed by atoms with van der Waals surface area (Å²) < 4.78 is 0. The number of hydrogen-bond donors (Lipinski definition) is 2. The van der Waals surface area contributed by atoms with Crippen LogP contribution < -0.4 is 5.32 Å². The van der Waals surface area contributed by atoms with Crippen LogP contribution in [0.15, 0.2) is 18.2 Å². The number of anilines is 1. The summed E-state index contributed by atoms with van der Waals surface area (Å²) in [6, 6.07) is 3.87. The van der Waals surface area contributed by atoms with Crippen molar-refractivity contribution in [1.82, 2.24) is 0 Å². The van der Waals surface area contributed by atoms with Crippen molar-refractivity contribution in [1.29, 1.82) is 0 Å². The van der Waals surface area contributed by atoms with Crippen molar-refractivity contribution in [3.63, 3.8) is 0 Å². The van der Waals surface area contributed by atoms with E-state index in [0.29, 0.717) is 5.69 Å². The summed E-state index contributed by atoms with van der Waals surface area (Å²) in [4.78, 5) is 21.1. The number of carboxylic acids is 1. The molecule has 0 heterocycles. The minimum absolute atomic E-state index is 0.0829. The van der Waals surface area contributed by atoms with Gasteiger partial charge in [0.25, 0.3) is 5.69 Å². The summed E-state index contributed by atoms with van der Waals surface area (Å²) in [5, 5.41) is 22.7. The zero-order chi connectivity index (χ0) is 13.7. The molecule has 1 unspecified atom stereocenters. The second kappa shape index (κ2) is 6.25. The first-order chi connectivity index (χ1) is 8.45. The Morgan fingerprint density at radius 2 is 2.28 bits per heavy atom. The highest BCUT2D eigenvalue weighted by molar-refractivity contribution is 7.98. The molecule has 0 aliphatic heterocycles. The lowest BCUT2D eigenvalue weighted by atomic mass is 10.1. The first kappa shape index (κ1) is 14.3. The number of carbonyl (C=O) groups is 1. The standard InChI is InChI=1S/C11H14N2O4S/c1-7(6-18-2)12-10-4-3-8(13(16)17)5-9(10)11(14)15/h3-5,7,12H,6H2,1-2H3,(H,14,15). The van der Waals surface area contributed by atoms with Gasteiger partial charge in [-0.2, -0.15) is 11.8 Å². The second-order valence-electron chi connectivity index (χ2n) is 3.79. The van der Waals surface area contributed by atoms with Crippen molar-refractivity contribution in [3.8, 4) is 0 Å². The van der Waals surface area contributed by atoms with Gasteiger partial charge in [0, 0.05) is 29.6 Å². The number of benzene rings is 1. The predicted molar refractivity (Wildman–Crippen MR) is 71.5 cm³/mol. The SMILES string of the molecule is CSCC(C)Nc1ccc([N+](=O)[O-])cc1C(=O)O. The summed E-state index contributed by atoms with van der Waals surface area (Å²) in [7, 11) is 0. The van der Waals surface area contributed by atoms with Gasteiger partial charge >= 0.3 is 5.97 Å². The molecule has 0 aliphatic rings. The molecule has 0 amide bonds. The molecule has 1 aromatic rings. The molecule has 0 bridgehead atoms. The summed E-state index contributed by atoms with van der Waals surface area (Å²) in [6.45, 7) is 1.92. The van der Waals surface area contributed by atoms with E-state index >= 15 is 0 Å². The van der Waals surface area contributed by atoms with E-state index in [-0.39, 0.29) is 17.3 Å². The molecular weight excluding hydrogens is 256 g/mol. The van der Waals surface area contributed by atoms with E-state index in [4.69, 9.17) is 5.11 Å². The molecule has 6 nitrogen and oxygen atoms in total. The maximum atomic E-state index is 11.1. The van der Waals surface area contributed by atoms with Crippen LogP contribution in [0.3, 0.4) is 0 Å². The van der Waals surface area contributed by atoms with Crippen molar-refractivity contribution < 1.29 is 14.8 Å². The molecule has 0 fully saturated rings. The maximum absolute atomic E-state index is 11.1. The van der Waals surface area contributed by atoms with Gasteiger partial charge in [0.1, 0.15) is 0 Å². The molecule has 2 N–H and O–H groups in total. The van der Waals surface area contributed by atoms with Crippen LogP contribution in [0.5, 0.6) is 0 Å². The van der Waals surface area contributed by atoms with Gasteiger partial charge < -0.3 is 10.4 Å². The minimum atomic E-state index is -1.18. The quantitative estimate of drug-likeness (QED) is 0.609. The van der Waals surface area contributed by atoms with Gasteiger partial charge in [-0.3, -0.25) is 10.1 Å². The van der Waals surface area contributed by atoms with E-state index < -0.39 is 10.9 Å². The third-order valence-corrected chi connectivity index (χ3v) is 3.10. The number of nitro groups is 1. The van der Waals surface area contributed by atoms with E-state index in [1.807, 2.05) is 13.2 Å². The Bertz CT molecular complexity index is 464. The number of nitrogens with one attached hydrogen (secondary N) is 1. The van der Waals surface area contributed by atoms with Crippen LogP contribution in [0.4, 0.5) is 11.4 Å². The van der Waals surface area contributed by atoms with Crippen LogP contribution in [-0.4, -0.2) is 34.0 Å². The number of nitrogens with zero attached hydrogens (tertiary/aromatic N) is 1. The number of aromatic carboxylic acids is 1. The Kier molecular flexibility index (Phi) is 4.96. The van der Waals surface area contributed by atoms with Crippen LogP contribution in [0.1, 0.15) is 17.3 Å². The largest absolute Gasteiger partial charge is 0.478 e. The van der Waals surface area contributed by atoms with Gasteiger partial charge in [-0.25, -0.2) is 4.79 Å². The smallest absolute Gasteiger partial charge is 0.338 e. The number of hydrogen-bond acceptors (Lipinski definition) is 5.